The van der Waals surface area contributed by atoms with Gasteiger partial charge in [-0.15, -0.1) is 0 Å². The van der Waals surface area contributed by atoms with Crippen LogP contribution in [0.3, 0.4) is 0 Å². The molecule has 0 spiro atoms. The van der Waals surface area contributed by atoms with Gasteiger partial charge in [0.1, 0.15) is 0 Å². The van der Waals surface area contributed by atoms with Gasteiger partial charge >= 0.3 is 0 Å². The highest BCUT2D eigenvalue weighted by atomic mass is 16.5. The highest BCUT2D eigenvalue weighted by Gasteiger charge is 2.10. The van der Waals surface area contributed by atoms with Crippen molar-refractivity contribution in [1.82, 2.24) is 14.5 Å². The Bertz CT molecular complexity index is 509. The molecule has 1 atom stereocenters. The number of nitrogens with zero attached hydrogens (tertiary/aromatic N) is 3. The van der Waals surface area contributed by atoms with E-state index in [9.17, 15) is 0 Å². The first-order chi connectivity index (χ1) is 9.20. The Morgan fingerprint density at radius 1 is 1.47 bits per heavy atom. The first kappa shape index (κ1) is 13.5. The zero-order chi connectivity index (χ0) is 13.7. The van der Waals surface area contributed by atoms with E-state index in [-0.39, 0.29) is 6.04 Å². The molecule has 2 rings (SSSR count). The number of aryl methyl sites for hydroxylation is 1. The molecule has 102 valence electrons. The van der Waals surface area contributed by atoms with Crippen LogP contribution in [0.15, 0.2) is 30.7 Å². The Balaban J connectivity index is 2.10. The van der Waals surface area contributed by atoms with E-state index in [4.69, 9.17) is 4.74 Å². The van der Waals surface area contributed by atoms with Crippen LogP contribution in [0.25, 0.3) is 0 Å². The van der Waals surface area contributed by atoms with Crippen LogP contribution in [0.2, 0.25) is 0 Å². The molecule has 5 nitrogen and oxygen atoms in total. The Labute approximate surface area is 113 Å². The zero-order valence-corrected chi connectivity index (χ0v) is 11.6. The van der Waals surface area contributed by atoms with E-state index < -0.39 is 0 Å². The molecule has 19 heavy (non-hydrogen) atoms. The molecule has 0 aromatic carbocycles. The number of anilines is 1. The van der Waals surface area contributed by atoms with Crippen molar-refractivity contribution in [3.8, 4) is 0 Å². The first-order valence-electron chi connectivity index (χ1n) is 6.40. The van der Waals surface area contributed by atoms with Crippen molar-refractivity contribution in [1.29, 1.82) is 0 Å². The van der Waals surface area contributed by atoms with Gasteiger partial charge in [-0.25, -0.2) is 4.98 Å². The molecular weight excluding hydrogens is 240 g/mol. The maximum absolute atomic E-state index is 5.11. The number of hydrogen-bond donors (Lipinski definition) is 1. The molecule has 5 heteroatoms. The molecule has 0 radical (unpaired) electrons. The lowest BCUT2D eigenvalue weighted by Gasteiger charge is -2.15. The summed E-state index contributed by atoms with van der Waals surface area (Å²) in [5.41, 5.74) is 2.14. The first-order valence-corrected chi connectivity index (χ1v) is 6.40. The van der Waals surface area contributed by atoms with Gasteiger partial charge in [-0.2, -0.15) is 0 Å². The molecule has 0 saturated heterocycles. The van der Waals surface area contributed by atoms with Crippen LogP contribution in [0.1, 0.15) is 24.2 Å². The summed E-state index contributed by atoms with van der Waals surface area (Å²) in [6.45, 7) is 5.55. The van der Waals surface area contributed by atoms with Crippen LogP contribution >= 0.6 is 0 Å². The van der Waals surface area contributed by atoms with Gasteiger partial charge in [0.2, 0.25) is 5.95 Å². The quantitative estimate of drug-likeness (QED) is 0.866. The number of rotatable bonds is 6. The van der Waals surface area contributed by atoms with Crippen LogP contribution in [0.5, 0.6) is 0 Å². The Hall–Kier alpha value is -1.88. The van der Waals surface area contributed by atoms with Crippen LogP contribution in [0.4, 0.5) is 5.95 Å². The van der Waals surface area contributed by atoms with Crippen LogP contribution in [-0.4, -0.2) is 28.3 Å². The van der Waals surface area contributed by atoms with E-state index in [2.05, 4.69) is 32.8 Å². The van der Waals surface area contributed by atoms with E-state index >= 15 is 0 Å². The fourth-order valence-corrected chi connectivity index (χ4v) is 1.93. The number of methoxy groups -OCH3 is 1. The summed E-state index contributed by atoms with van der Waals surface area (Å²) in [5, 5.41) is 3.41. The topological polar surface area (TPSA) is 52.0 Å². The number of hydrogen-bond acceptors (Lipinski definition) is 4. The second-order valence-electron chi connectivity index (χ2n) is 4.54. The largest absolute Gasteiger partial charge is 0.383 e. The lowest BCUT2D eigenvalue weighted by molar-refractivity contribution is 0.187. The van der Waals surface area contributed by atoms with Gasteiger partial charge in [0.05, 0.1) is 18.3 Å². The third-order valence-corrected chi connectivity index (χ3v) is 2.96. The van der Waals surface area contributed by atoms with E-state index in [0.717, 1.165) is 23.8 Å². The predicted molar refractivity (Wildman–Crippen MR) is 75.1 cm³/mol. The SMILES string of the molecule is COCCn1cc(C)nc1NC(C)c1cccnc1. The number of nitrogens with one attached hydrogen (secondary N) is 1. The van der Waals surface area contributed by atoms with Gasteiger partial charge in [0, 0.05) is 32.2 Å². The van der Waals surface area contributed by atoms with Crippen molar-refractivity contribution in [2.75, 3.05) is 19.0 Å². The zero-order valence-electron chi connectivity index (χ0n) is 11.6. The van der Waals surface area contributed by atoms with Gasteiger partial charge in [-0.05, 0) is 25.5 Å². The Morgan fingerprint density at radius 3 is 3.00 bits per heavy atom. The molecular formula is C14H20N4O. The number of ether oxygens (including phenoxy) is 1. The van der Waals surface area contributed by atoms with Crippen molar-refractivity contribution in [3.05, 3.63) is 42.0 Å². The van der Waals surface area contributed by atoms with Gasteiger partial charge in [-0.3, -0.25) is 4.98 Å². The van der Waals surface area contributed by atoms with Gasteiger partial charge in [0.15, 0.2) is 0 Å². The van der Waals surface area contributed by atoms with E-state index in [0.29, 0.717) is 6.61 Å². The molecule has 0 fully saturated rings. The minimum Gasteiger partial charge on any atom is -0.383 e. The molecule has 0 bridgehead atoms. The summed E-state index contributed by atoms with van der Waals surface area (Å²) in [5.74, 6) is 0.867. The van der Waals surface area contributed by atoms with Crippen LogP contribution in [-0.2, 0) is 11.3 Å². The molecule has 1 N–H and O–H groups in total. The van der Waals surface area contributed by atoms with Crippen molar-refractivity contribution >= 4 is 5.95 Å². The van der Waals surface area contributed by atoms with Gasteiger partial charge in [0.25, 0.3) is 0 Å². The third-order valence-electron chi connectivity index (χ3n) is 2.96. The number of imidazole rings is 1. The molecule has 0 aliphatic rings. The fraction of sp³-hybridized carbons (Fsp3) is 0.429. The van der Waals surface area contributed by atoms with Crippen molar-refractivity contribution in [3.63, 3.8) is 0 Å². The summed E-state index contributed by atoms with van der Waals surface area (Å²) in [7, 11) is 1.70. The Morgan fingerprint density at radius 2 is 2.32 bits per heavy atom. The molecule has 2 heterocycles. The van der Waals surface area contributed by atoms with Gasteiger partial charge in [-0.1, -0.05) is 6.07 Å². The van der Waals surface area contributed by atoms with Crippen molar-refractivity contribution in [2.45, 2.75) is 26.4 Å². The number of pyridine rings is 1. The summed E-state index contributed by atoms with van der Waals surface area (Å²) in [6.07, 6.45) is 5.67. The highest BCUT2D eigenvalue weighted by molar-refractivity contribution is 5.33. The average molecular weight is 260 g/mol. The highest BCUT2D eigenvalue weighted by Crippen LogP contribution is 2.18. The molecule has 0 amide bonds. The summed E-state index contributed by atoms with van der Waals surface area (Å²) >= 11 is 0. The smallest absolute Gasteiger partial charge is 0.203 e. The van der Waals surface area contributed by atoms with Crippen LogP contribution in [0, 0.1) is 6.92 Å². The normalized spacial score (nSPS) is 12.4. The molecule has 1 unspecified atom stereocenters. The molecule has 0 saturated carbocycles. The van der Waals surface area contributed by atoms with Crippen molar-refractivity contribution < 1.29 is 4.74 Å². The second kappa shape index (κ2) is 6.33. The summed E-state index contributed by atoms with van der Waals surface area (Å²) in [4.78, 5) is 8.64. The summed E-state index contributed by atoms with van der Waals surface area (Å²) < 4.78 is 7.19. The maximum Gasteiger partial charge on any atom is 0.203 e. The standard InChI is InChI=1S/C14H20N4O/c1-11-10-18(7-8-19-3)14(16-11)17-12(2)13-5-4-6-15-9-13/h4-6,9-10,12H,7-8H2,1-3H3,(H,16,17). The summed E-state index contributed by atoms with van der Waals surface area (Å²) in [6, 6.07) is 4.16. The Kier molecular flexibility index (Phi) is 4.52. The van der Waals surface area contributed by atoms with Crippen molar-refractivity contribution in [2.24, 2.45) is 0 Å². The van der Waals surface area contributed by atoms with E-state index in [1.54, 1.807) is 13.3 Å². The minimum atomic E-state index is 0.164. The van der Waals surface area contributed by atoms with E-state index in [1.807, 2.05) is 25.4 Å². The fourth-order valence-electron chi connectivity index (χ4n) is 1.93. The second-order valence-corrected chi connectivity index (χ2v) is 4.54. The number of aromatic nitrogens is 3. The lowest BCUT2D eigenvalue weighted by atomic mass is 10.1. The molecule has 0 aliphatic carbocycles. The predicted octanol–water partition coefficient (Wildman–Crippen LogP) is 2.41. The average Bonchev–Trinajstić information content (AvgIpc) is 2.77. The lowest BCUT2D eigenvalue weighted by Crippen LogP contribution is -2.13. The molecule has 2 aromatic rings. The van der Waals surface area contributed by atoms with Crippen LogP contribution < -0.4 is 5.32 Å². The molecule has 2 aromatic heterocycles. The maximum atomic E-state index is 5.11. The molecule has 0 aliphatic heterocycles. The van der Waals surface area contributed by atoms with E-state index in [1.165, 1.54) is 0 Å². The minimum absolute atomic E-state index is 0.164. The van der Waals surface area contributed by atoms with Gasteiger partial charge < -0.3 is 14.6 Å². The third kappa shape index (κ3) is 3.54. The monoisotopic (exact) mass is 260 g/mol.